The maximum Gasteiger partial charge on any atom is 0.407 e. The maximum atomic E-state index is 13.1. The Morgan fingerprint density at radius 3 is 2.23 bits per heavy atom. The summed E-state index contributed by atoms with van der Waals surface area (Å²) in [4.78, 5) is 39.0. The average molecular weight is 479 g/mol. The van der Waals surface area contributed by atoms with E-state index in [1.54, 1.807) is 0 Å². The molecule has 2 atom stereocenters. The quantitative estimate of drug-likeness (QED) is 0.596. The van der Waals surface area contributed by atoms with E-state index < -0.39 is 24.1 Å². The molecule has 0 radical (unpaired) electrons. The summed E-state index contributed by atoms with van der Waals surface area (Å²) in [6.07, 6.45) is 2.45. The average Bonchev–Trinajstić information content (AvgIpc) is 2.97. The fourth-order valence-electron chi connectivity index (χ4n) is 5.21. The number of alkyl carbamates (subject to hydrolysis) is 1. The Kier molecular flexibility index (Phi) is 7.73. The third kappa shape index (κ3) is 5.50. The number of carboxylic acid groups (broad SMARTS) is 1. The van der Waals surface area contributed by atoms with Gasteiger partial charge in [-0.05, 0) is 41.0 Å². The molecule has 1 saturated heterocycles. The Balaban J connectivity index is 1.39. The lowest BCUT2D eigenvalue weighted by Crippen LogP contribution is -2.48. The molecule has 2 aliphatic rings. The number of carbonyl (C=O) groups excluding carboxylic acids is 2. The van der Waals surface area contributed by atoms with Crippen LogP contribution in [-0.4, -0.2) is 53.2 Å². The van der Waals surface area contributed by atoms with E-state index in [0.29, 0.717) is 13.0 Å². The molecule has 1 unspecified atom stereocenters. The first kappa shape index (κ1) is 24.8. The fraction of sp³-hybridized carbons (Fsp3) is 0.464. The van der Waals surface area contributed by atoms with Gasteiger partial charge in [0, 0.05) is 24.9 Å². The van der Waals surface area contributed by atoms with Crippen molar-refractivity contribution in [3.8, 4) is 11.1 Å². The number of likely N-dealkylation sites (tertiary alicyclic amines) is 1. The van der Waals surface area contributed by atoms with E-state index >= 15 is 0 Å². The second-order valence-electron chi connectivity index (χ2n) is 9.82. The number of nitrogens with zero attached hydrogens (tertiary/aromatic N) is 1. The molecule has 2 aromatic carbocycles. The number of ether oxygens (including phenoxy) is 1. The number of carbonyl (C=O) groups is 3. The predicted molar refractivity (Wildman–Crippen MR) is 133 cm³/mol. The van der Waals surface area contributed by atoms with Crippen LogP contribution in [0.3, 0.4) is 0 Å². The largest absolute Gasteiger partial charge is 0.480 e. The van der Waals surface area contributed by atoms with Crippen LogP contribution < -0.4 is 5.32 Å². The summed E-state index contributed by atoms with van der Waals surface area (Å²) in [5, 5.41) is 12.5. The highest BCUT2D eigenvalue weighted by molar-refractivity contribution is 5.84. The second kappa shape index (κ2) is 10.9. The van der Waals surface area contributed by atoms with Crippen molar-refractivity contribution in [2.24, 2.45) is 5.92 Å². The molecular formula is C28H34N2O5. The summed E-state index contributed by atoms with van der Waals surface area (Å²) in [7, 11) is 0. The van der Waals surface area contributed by atoms with Gasteiger partial charge >= 0.3 is 12.1 Å². The summed E-state index contributed by atoms with van der Waals surface area (Å²) < 4.78 is 5.66. The van der Waals surface area contributed by atoms with Crippen LogP contribution in [0, 0.1) is 5.92 Å². The van der Waals surface area contributed by atoms with Crippen molar-refractivity contribution in [2.75, 3.05) is 13.2 Å². The molecule has 2 amide bonds. The van der Waals surface area contributed by atoms with Gasteiger partial charge in [-0.3, -0.25) is 4.79 Å². The minimum Gasteiger partial charge on any atom is -0.480 e. The molecule has 1 aliphatic heterocycles. The van der Waals surface area contributed by atoms with Crippen LogP contribution in [0.4, 0.5) is 4.79 Å². The zero-order valence-corrected chi connectivity index (χ0v) is 20.4. The molecule has 7 nitrogen and oxygen atoms in total. The minimum atomic E-state index is -0.967. The molecule has 1 heterocycles. The number of fused-ring (bicyclic) bond motifs is 3. The topological polar surface area (TPSA) is 95.9 Å². The number of carboxylic acids is 1. The third-order valence-electron chi connectivity index (χ3n) is 7.20. The number of hydrogen-bond donors (Lipinski definition) is 2. The van der Waals surface area contributed by atoms with Crippen LogP contribution in [0.2, 0.25) is 0 Å². The normalized spacial score (nSPS) is 18.4. The standard InChI is InChI=1S/C28H34N2O5/c1-18(2)24(16-26(31)30-15-9-3-4-14-25(30)27(32)33)29-28(34)35-17-23-21-12-7-5-10-19(21)20-11-6-8-13-22(20)23/h5-8,10-13,18,23-25H,3-4,9,14-17H2,1-2H3,(H,29,34)(H,32,33)/t24-,25?/m0/s1. The van der Waals surface area contributed by atoms with Gasteiger partial charge in [0.25, 0.3) is 0 Å². The van der Waals surface area contributed by atoms with Crippen molar-refractivity contribution < 1.29 is 24.2 Å². The predicted octanol–water partition coefficient (Wildman–Crippen LogP) is 4.80. The number of rotatable bonds is 7. The van der Waals surface area contributed by atoms with Crippen molar-refractivity contribution in [1.82, 2.24) is 10.2 Å². The summed E-state index contributed by atoms with van der Waals surface area (Å²) >= 11 is 0. The van der Waals surface area contributed by atoms with Crippen molar-refractivity contribution in [3.63, 3.8) is 0 Å². The molecule has 35 heavy (non-hydrogen) atoms. The molecule has 186 valence electrons. The lowest BCUT2D eigenvalue weighted by atomic mass is 9.98. The Morgan fingerprint density at radius 1 is 1.00 bits per heavy atom. The molecule has 1 aliphatic carbocycles. The Labute approximate surface area is 206 Å². The van der Waals surface area contributed by atoms with Gasteiger partial charge in [-0.25, -0.2) is 9.59 Å². The van der Waals surface area contributed by atoms with E-state index in [2.05, 4.69) is 29.6 Å². The molecular weight excluding hydrogens is 444 g/mol. The number of amides is 2. The van der Waals surface area contributed by atoms with Crippen LogP contribution >= 0.6 is 0 Å². The van der Waals surface area contributed by atoms with Crippen molar-refractivity contribution in [3.05, 3.63) is 59.7 Å². The molecule has 0 bridgehead atoms. The summed E-state index contributed by atoms with van der Waals surface area (Å²) in [5.74, 6) is -1.27. The minimum absolute atomic E-state index is 0.0188. The molecule has 1 fully saturated rings. The van der Waals surface area contributed by atoms with Gasteiger partial charge in [-0.15, -0.1) is 0 Å². The molecule has 7 heteroatoms. The van der Waals surface area contributed by atoms with E-state index in [1.165, 1.54) is 4.90 Å². The molecule has 2 aromatic rings. The SMILES string of the molecule is CC(C)[C@H](CC(=O)N1CCCCCC1C(=O)O)NC(=O)OCC1c2ccccc2-c2ccccc21. The van der Waals surface area contributed by atoms with E-state index in [-0.39, 0.29) is 30.8 Å². The Morgan fingerprint density at radius 2 is 1.63 bits per heavy atom. The highest BCUT2D eigenvalue weighted by Gasteiger charge is 2.33. The van der Waals surface area contributed by atoms with Gasteiger partial charge in [-0.2, -0.15) is 0 Å². The monoisotopic (exact) mass is 478 g/mol. The van der Waals surface area contributed by atoms with E-state index in [1.807, 2.05) is 38.1 Å². The summed E-state index contributed by atoms with van der Waals surface area (Å²) in [5.41, 5.74) is 4.59. The molecule has 4 rings (SSSR count). The van der Waals surface area contributed by atoms with Gasteiger partial charge in [0.05, 0.1) is 0 Å². The first-order valence-electron chi connectivity index (χ1n) is 12.5. The van der Waals surface area contributed by atoms with Gasteiger partial charge in [0.1, 0.15) is 12.6 Å². The van der Waals surface area contributed by atoms with Gasteiger partial charge in [-0.1, -0.05) is 75.2 Å². The van der Waals surface area contributed by atoms with Crippen LogP contribution in [0.1, 0.15) is 63.0 Å². The first-order chi connectivity index (χ1) is 16.9. The lowest BCUT2D eigenvalue weighted by Gasteiger charge is -2.30. The number of aliphatic carboxylic acids is 1. The second-order valence-corrected chi connectivity index (χ2v) is 9.82. The van der Waals surface area contributed by atoms with E-state index in [9.17, 15) is 19.5 Å². The van der Waals surface area contributed by atoms with Crippen molar-refractivity contribution in [1.29, 1.82) is 0 Å². The van der Waals surface area contributed by atoms with E-state index in [0.717, 1.165) is 41.5 Å². The molecule has 0 saturated carbocycles. The van der Waals surface area contributed by atoms with Gasteiger partial charge in [0.15, 0.2) is 0 Å². The van der Waals surface area contributed by atoms with Crippen LogP contribution in [0.25, 0.3) is 11.1 Å². The zero-order chi connectivity index (χ0) is 24.9. The van der Waals surface area contributed by atoms with Crippen LogP contribution in [0.5, 0.6) is 0 Å². The Bertz CT molecular complexity index is 1040. The number of hydrogen-bond acceptors (Lipinski definition) is 4. The van der Waals surface area contributed by atoms with Crippen molar-refractivity contribution in [2.45, 2.75) is 64.0 Å². The van der Waals surface area contributed by atoms with Gasteiger partial charge in [0.2, 0.25) is 5.91 Å². The number of benzene rings is 2. The molecule has 0 spiro atoms. The first-order valence-corrected chi connectivity index (χ1v) is 12.5. The molecule has 2 N–H and O–H groups in total. The van der Waals surface area contributed by atoms with Crippen LogP contribution in [0.15, 0.2) is 48.5 Å². The van der Waals surface area contributed by atoms with E-state index in [4.69, 9.17) is 4.74 Å². The third-order valence-corrected chi connectivity index (χ3v) is 7.20. The van der Waals surface area contributed by atoms with Crippen LogP contribution in [-0.2, 0) is 14.3 Å². The highest BCUT2D eigenvalue weighted by atomic mass is 16.5. The molecule has 0 aromatic heterocycles. The number of nitrogens with one attached hydrogen (secondary N) is 1. The zero-order valence-electron chi connectivity index (χ0n) is 20.4. The smallest absolute Gasteiger partial charge is 0.407 e. The van der Waals surface area contributed by atoms with Gasteiger partial charge < -0.3 is 20.1 Å². The lowest BCUT2D eigenvalue weighted by molar-refractivity contribution is -0.150. The summed E-state index contributed by atoms with van der Waals surface area (Å²) in [6.45, 7) is 4.50. The Hall–Kier alpha value is -3.35. The maximum absolute atomic E-state index is 13.1. The summed E-state index contributed by atoms with van der Waals surface area (Å²) in [6, 6.07) is 15.1. The fourth-order valence-corrected chi connectivity index (χ4v) is 5.21. The van der Waals surface area contributed by atoms with Crippen molar-refractivity contribution >= 4 is 18.0 Å². The highest BCUT2D eigenvalue weighted by Crippen LogP contribution is 2.44.